The van der Waals surface area contributed by atoms with Gasteiger partial charge in [-0.3, -0.25) is 4.79 Å². The van der Waals surface area contributed by atoms with E-state index in [1.165, 1.54) is 12.4 Å². The minimum absolute atomic E-state index is 0.254. The Hall–Kier alpha value is -3.61. The van der Waals surface area contributed by atoms with Crippen LogP contribution in [0.4, 0.5) is 5.69 Å². The summed E-state index contributed by atoms with van der Waals surface area (Å²) < 4.78 is 12.4. The van der Waals surface area contributed by atoms with Gasteiger partial charge in [-0.25, -0.2) is 9.67 Å². The van der Waals surface area contributed by atoms with Crippen molar-refractivity contribution in [2.24, 2.45) is 0 Å². The lowest BCUT2D eigenvalue weighted by Crippen LogP contribution is -2.10. The van der Waals surface area contributed by atoms with Crippen LogP contribution in [0.2, 0.25) is 0 Å². The molecule has 27 heavy (non-hydrogen) atoms. The zero-order valence-electron chi connectivity index (χ0n) is 15.1. The summed E-state index contributed by atoms with van der Waals surface area (Å²) in [5.74, 6) is 1.04. The SMILES string of the molecule is CCOc1ccc(/C=C/C(=O)Nc2ccccc2-n2cncn2)cc1OC. The van der Waals surface area contributed by atoms with E-state index in [0.29, 0.717) is 23.8 Å². The maximum atomic E-state index is 12.3. The number of hydrogen-bond donors (Lipinski definition) is 1. The quantitative estimate of drug-likeness (QED) is 0.651. The number of amides is 1. The van der Waals surface area contributed by atoms with E-state index in [4.69, 9.17) is 9.47 Å². The largest absolute Gasteiger partial charge is 0.493 e. The zero-order chi connectivity index (χ0) is 19.1. The number of carbonyl (C=O) groups excluding carboxylic acids is 1. The van der Waals surface area contributed by atoms with Crippen molar-refractivity contribution in [1.29, 1.82) is 0 Å². The third kappa shape index (κ3) is 4.52. The van der Waals surface area contributed by atoms with Crippen molar-refractivity contribution in [3.63, 3.8) is 0 Å². The van der Waals surface area contributed by atoms with Crippen LogP contribution in [0.25, 0.3) is 11.8 Å². The van der Waals surface area contributed by atoms with Gasteiger partial charge < -0.3 is 14.8 Å². The first-order valence-corrected chi connectivity index (χ1v) is 8.45. The number of carbonyl (C=O) groups is 1. The molecule has 0 radical (unpaired) electrons. The Balaban J connectivity index is 1.73. The van der Waals surface area contributed by atoms with Crippen LogP contribution in [0, 0.1) is 0 Å². The van der Waals surface area contributed by atoms with Crippen LogP contribution < -0.4 is 14.8 Å². The van der Waals surface area contributed by atoms with Crippen molar-refractivity contribution >= 4 is 17.7 Å². The fraction of sp³-hybridized carbons (Fsp3) is 0.150. The molecule has 2 aromatic carbocycles. The molecular weight excluding hydrogens is 344 g/mol. The smallest absolute Gasteiger partial charge is 0.248 e. The lowest BCUT2D eigenvalue weighted by Gasteiger charge is -2.10. The lowest BCUT2D eigenvalue weighted by atomic mass is 10.2. The third-order valence-electron chi connectivity index (χ3n) is 3.74. The second-order valence-electron chi connectivity index (χ2n) is 5.52. The average Bonchev–Trinajstić information content (AvgIpc) is 3.22. The monoisotopic (exact) mass is 364 g/mol. The van der Waals surface area contributed by atoms with Gasteiger partial charge in [0.2, 0.25) is 5.91 Å². The van der Waals surface area contributed by atoms with Crippen LogP contribution in [-0.4, -0.2) is 34.4 Å². The van der Waals surface area contributed by atoms with Crippen molar-refractivity contribution in [1.82, 2.24) is 14.8 Å². The maximum absolute atomic E-state index is 12.3. The van der Waals surface area contributed by atoms with E-state index in [0.717, 1.165) is 11.3 Å². The number of nitrogens with zero attached hydrogens (tertiary/aromatic N) is 3. The van der Waals surface area contributed by atoms with Crippen LogP contribution in [0.15, 0.2) is 61.2 Å². The fourth-order valence-electron chi connectivity index (χ4n) is 2.52. The highest BCUT2D eigenvalue weighted by Gasteiger charge is 2.07. The summed E-state index contributed by atoms with van der Waals surface area (Å²) in [5, 5.41) is 6.96. The molecule has 1 heterocycles. The van der Waals surface area contributed by atoms with Crippen molar-refractivity contribution in [3.8, 4) is 17.2 Å². The first-order chi connectivity index (χ1) is 13.2. The van der Waals surface area contributed by atoms with Crippen molar-refractivity contribution in [2.75, 3.05) is 19.0 Å². The molecule has 0 spiro atoms. The topological polar surface area (TPSA) is 78.3 Å². The lowest BCUT2D eigenvalue weighted by molar-refractivity contribution is -0.111. The van der Waals surface area contributed by atoms with Gasteiger partial charge in [0.25, 0.3) is 0 Å². The van der Waals surface area contributed by atoms with Crippen LogP contribution in [0.1, 0.15) is 12.5 Å². The number of para-hydroxylation sites is 2. The van der Waals surface area contributed by atoms with E-state index < -0.39 is 0 Å². The Kier molecular flexibility index (Phi) is 5.84. The molecule has 0 saturated heterocycles. The van der Waals surface area contributed by atoms with Gasteiger partial charge in [-0.05, 0) is 42.8 Å². The normalized spacial score (nSPS) is 10.7. The Morgan fingerprint density at radius 1 is 1.22 bits per heavy atom. The molecular formula is C20H20N4O3. The molecule has 138 valence electrons. The fourth-order valence-corrected chi connectivity index (χ4v) is 2.52. The number of hydrogen-bond acceptors (Lipinski definition) is 5. The molecule has 3 rings (SSSR count). The number of anilines is 1. The number of aromatic nitrogens is 3. The summed E-state index contributed by atoms with van der Waals surface area (Å²) in [6.45, 7) is 2.47. The number of benzene rings is 2. The van der Waals surface area contributed by atoms with Gasteiger partial charge in [-0.15, -0.1) is 0 Å². The highest BCUT2D eigenvalue weighted by molar-refractivity contribution is 6.03. The third-order valence-corrected chi connectivity index (χ3v) is 3.74. The second kappa shape index (κ2) is 8.66. The van der Waals surface area contributed by atoms with Gasteiger partial charge in [-0.1, -0.05) is 18.2 Å². The molecule has 0 bridgehead atoms. The standard InChI is InChI=1S/C20H20N4O3/c1-3-27-18-10-8-15(12-19(18)26-2)9-11-20(25)23-16-6-4-5-7-17(16)24-14-21-13-22-24/h4-14H,3H2,1-2H3,(H,23,25)/b11-9+. The molecule has 0 aliphatic carbocycles. The Morgan fingerprint density at radius 2 is 2.07 bits per heavy atom. The Bertz CT molecular complexity index is 936. The highest BCUT2D eigenvalue weighted by Crippen LogP contribution is 2.28. The summed E-state index contributed by atoms with van der Waals surface area (Å²) in [6, 6.07) is 12.9. The molecule has 1 amide bonds. The van der Waals surface area contributed by atoms with Crippen molar-refractivity contribution < 1.29 is 14.3 Å². The van der Waals surface area contributed by atoms with Gasteiger partial charge in [0.1, 0.15) is 12.7 Å². The van der Waals surface area contributed by atoms with Gasteiger partial charge in [0.05, 0.1) is 25.1 Å². The molecule has 0 atom stereocenters. The second-order valence-corrected chi connectivity index (χ2v) is 5.52. The molecule has 3 aromatic rings. The van der Waals surface area contributed by atoms with Gasteiger partial charge in [0, 0.05) is 6.08 Å². The van der Waals surface area contributed by atoms with Gasteiger partial charge in [0.15, 0.2) is 11.5 Å². The number of nitrogens with one attached hydrogen (secondary N) is 1. The predicted octanol–water partition coefficient (Wildman–Crippen LogP) is 3.33. The minimum Gasteiger partial charge on any atom is -0.493 e. The number of ether oxygens (including phenoxy) is 2. The predicted molar refractivity (Wildman–Crippen MR) is 103 cm³/mol. The molecule has 1 N–H and O–H groups in total. The van der Waals surface area contributed by atoms with E-state index in [1.54, 1.807) is 24.2 Å². The molecule has 7 heteroatoms. The van der Waals surface area contributed by atoms with Gasteiger partial charge in [-0.2, -0.15) is 5.10 Å². The van der Waals surface area contributed by atoms with Crippen molar-refractivity contribution in [2.45, 2.75) is 6.92 Å². The molecule has 0 saturated carbocycles. The molecule has 0 fully saturated rings. The zero-order valence-corrected chi connectivity index (χ0v) is 15.1. The van der Waals surface area contributed by atoms with Crippen LogP contribution in [0.3, 0.4) is 0 Å². The Labute approximate surface area is 157 Å². The van der Waals surface area contributed by atoms with Crippen LogP contribution in [-0.2, 0) is 4.79 Å². The molecule has 0 aliphatic heterocycles. The van der Waals surface area contributed by atoms with Crippen LogP contribution >= 0.6 is 0 Å². The first-order valence-electron chi connectivity index (χ1n) is 8.45. The summed E-state index contributed by atoms with van der Waals surface area (Å²) in [4.78, 5) is 16.3. The van der Waals surface area contributed by atoms with E-state index in [9.17, 15) is 4.79 Å². The van der Waals surface area contributed by atoms with Gasteiger partial charge >= 0.3 is 0 Å². The summed E-state index contributed by atoms with van der Waals surface area (Å²) >= 11 is 0. The Morgan fingerprint density at radius 3 is 2.81 bits per heavy atom. The summed E-state index contributed by atoms with van der Waals surface area (Å²) in [7, 11) is 1.58. The van der Waals surface area contributed by atoms with E-state index in [1.807, 2.05) is 49.4 Å². The summed E-state index contributed by atoms with van der Waals surface area (Å²) in [5.41, 5.74) is 2.21. The summed E-state index contributed by atoms with van der Waals surface area (Å²) in [6.07, 6.45) is 6.20. The number of rotatable bonds is 7. The first kappa shape index (κ1) is 18.2. The van der Waals surface area contributed by atoms with E-state index in [-0.39, 0.29) is 5.91 Å². The molecule has 7 nitrogen and oxygen atoms in total. The van der Waals surface area contributed by atoms with E-state index in [2.05, 4.69) is 15.4 Å². The maximum Gasteiger partial charge on any atom is 0.248 e. The van der Waals surface area contributed by atoms with Crippen molar-refractivity contribution in [3.05, 3.63) is 66.8 Å². The van der Waals surface area contributed by atoms with Crippen LogP contribution in [0.5, 0.6) is 11.5 Å². The highest BCUT2D eigenvalue weighted by atomic mass is 16.5. The average molecular weight is 364 g/mol. The minimum atomic E-state index is -0.254. The van der Waals surface area contributed by atoms with E-state index >= 15 is 0 Å². The molecule has 0 unspecified atom stereocenters. The molecule has 0 aliphatic rings. The molecule has 1 aromatic heterocycles. The number of methoxy groups -OCH3 is 1.